The van der Waals surface area contributed by atoms with Crippen molar-refractivity contribution in [1.29, 1.82) is 0 Å². The lowest BCUT2D eigenvalue weighted by Crippen LogP contribution is -2.38. The fraction of sp³-hybridized carbons (Fsp3) is 0.500. The third-order valence-corrected chi connectivity index (χ3v) is 3.36. The summed E-state index contributed by atoms with van der Waals surface area (Å²) in [5.41, 5.74) is 6.83. The number of aryl methyl sites for hydroxylation is 1. The minimum absolute atomic E-state index is 0.146. The average molecular weight is 277 g/mol. The fourth-order valence-corrected chi connectivity index (χ4v) is 2.20. The molecule has 0 unspecified atom stereocenters. The molecule has 2 N–H and O–H groups in total. The molecule has 20 heavy (non-hydrogen) atoms. The molecular weight excluding hydrogens is 258 g/mol. The maximum absolute atomic E-state index is 11.9. The summed E-state index contributed by atoms with van der Waals surface area (Å²) < 4.78 is 5.05. The van der Waals surface area contributed by atoms with Crippen molar-refractivity contribution in [2.24, 2.45) is 0 Å². The van der Waals surface area contributed by atoms with E-state index < -0.39 is 5.97 Å². The lowest BCUT2D eigenvalue weighted by molar-refractivity contribution is -0.135. The highest BCUT2D eigenvalue weighted by Crippen LogP contribution is 2.12. The number of rotatable bonds is 3. The molecule has 2 heterocycles. The van der Waals surface area contributed by atoms with Crippen LogP contribution in [0, 0.1) is 6.92 Å². The minimum atomic E-state index is -0.562. The Morgan fingerprint density at radius 2 is 2.05 bits per heavy atom. The summed E-state index contributed by atoms with van der Waals surface area (Å²) in [6.45, 7) is 2.96. The maximum atomic E-state index is 11.9. The molecule has 0 atom stereocenters. The average Bonchev–Trinajstić information content (AvgIpc) is 2.47. The summed E-state index contributed by atoms with van der Waals surface area (Å²) >= 11 is 0. The Morgan fingerprint density at radius 3 is 2.75 bits per heavy atom. The van der Waals surface area contributed by atoms with Gasteiger partial charge in [-0.1, -0.05) is 0 Å². The monoisotopic (exact) mass is 277 g/mol. The van der Waals surface area contributed by atoms with Crippen LogP contribution < -0.4 is 5.73 Å². The third-order valence-electron chi connectivity index (χ3n) is 3.36. The van der Waals surface area contributed by atoms with Crippen molar-refractivity contribution >= 4 is 17.6 Å². The van der Waals surface area contributed by atoms with Crippen LogP contribution in [0.25, 0.3) is 0 Å². The summed E-state index contributed by atoms with van der Waals surface area (Å²) in [5, 5.41) is 0. The van der Waals surface area contributed by atoms with Gasteiger partial charge in [-0.25, -0.2) is 4.79 Å². The topological polar surface area (TPSA) is 85.5 Å². The second-order valence-electron chi connectivity index (χ2n) is 4.92. The highest BCUT2D eigenvalue weighted by atomic mass is 16.5. The van der Waals surface area contributed by atoms with E-state index in [2.05, 4.69) is 4.98 Å². The second-order valence-corrected chi connectivity index (χ2v) is 4.92. The van der Waals surface area contributed by atoms with Gasteiger partial charge in [0.15, 0.2) is 6.61 Å². The first kappa shape index (κ1) is 14.3. The number of hydrogen-bond acceptors (Lipinski definition) is 5. The Balaban J connectivity index is 1.91. The van der Waals surface area contributed by atoms with Gasteiger partial charge in [-0.2, -0.15) is 0 Å². The molecule has 0 spiro atoms. The van der Waals surface area contributed by atoms with E-state index in [1.165, 1.54) is 12.3 Å². The summed E-state index contributed by atoms with van der Waals surface area (Å²) in [6, 6.07) is 1.51. The van der Waals surface area contributed by atoms with E-state index in [4.69, 9.17) is 10.5 Å². The SMILES string of the molecule is Cc1ncc(N)cc1C(=O)OCC(=O)N1CCCCC1. The van der Waals surface area contributed by atoms with Crippen molar-refractivity contribution in [3.8, 4) is 0 Å². The summed E-state index contributed by atoms with van der Waals surface area (Å²) in [4.78, 5) is 29.5. The van der Waals surface area contributed by atoms with Crippen molar-refractivity contribution < 1.29 is 14.3 Å². The molecule has 1 fully saturated rings. The summed E-state index contributed by atoms with van der Waals surface area (Å²) in [5.74, 6) is -0.708. The number of nitrogen functional groups attached to an aromatic ring is 1. The van der Waals surface area contributed by atoms with Crippen LogP contribution in [0.15, 0.2) is 12.3 Å². The molecule has 1 aliphatic heterocycles. The molecule has 6 nitrogen and oxygen atoms in total. The van der Waals surface area contributed by atoms with Gasteiger partial charge in [-0.15, -0.1) is 0 Å². The highest BCUT2D eigenvalue weighted by Gasteiger charge is 2.19. The van der Waals surface area contributed by atoms with Crippen molar-refractivity contribution in [3.63, 3.8) is 0 Å². The van der Waals surface area contributed by atoms with Crippen LogP contribution in [0.2, 0.25) is 0 Å². The number of aromatic nitrogens is 1. The molecule has 0 saturated carbocycles. The van der Waals surface area contributed by atoms with Gasteiger partial charge in [-0.05, 0) is 32.3 Å². The van der Waals surface area contributed by atoms with Gasteiger partial charge in [0.1, 0.15) is 0 Å². The van der Waals surface area contributed by atoms with E-state index >= 15 is 0 Å². The van der Waals surface area contributed by atoms with Crippen LogP contribution in [0.4, 0.5) is 5.69 Å². The Morgan fingerprint density at radius 1 is 1.35 bits per heavy atom. The van der Waals surface area contributed by atoms with Gasteiger partial charge in [-0.3, -0.25) is 9.78 Å². The van der Waals surface area contributed by atoms with Gasteiger partial charge < -0.3 is 15.4 Å². The number of amides is 1. The Labute approximate surface area is 117 Å². The normalized spacial score (nSPS) is 14.9. The molecule has 108 valence electrons. The van der Waals surface area contributed by atoms with Crippen LogP contribution in [0.3, 0.4) is 0 Å². The molecule has 2 rings (SSSR count). The number of ether oxygens (including phenoxy) is 1. The first-order valence-electron chi connectivity index (χ1n) is 6.75. The van der Waals surface area contributed by atoms with Crippen LogP contribution in [0.1, 0.15) is 35.3 Å². The third kappa shape index (κ3) is 3.46. The van der Waals surface area contributed by atoms with E-state index in [0.717, 1.165) is 32.4 Å². The Bertz CT molecular complexity index is 510. The smallest absolute Gasteiger partial charge is 0.340 e. The molecule has 1 aromatic rings. The Kier molecular flexibility index (Phi) is 4.55. The van der Waals surface area contributed by atoms with Gasteiger partial charge in [0.05, 0.1) is 23.1 Å². The highest BCUT2D eigenvalue weighted by molar-refractivity contribution is 5.93. The molecule has 1 aliphatic rings. The maximum Gasteiger partial charge on any atom is 0.340 e. The second kappa shape index (κ2) is 6.36. The lowest BCUT2D eigenvalue weighted by atomic mass is 10.1. The van der Waals surface area contributed by atoms with Crippen molar-refractivity contribution in [3.05, 3.63) is 23.5 Å². The zero-order valence-electron chi connectivity index (χ0n) is 11.6. The number of pyridine rings is 1. The zero-order valence-corrected chi connectivity index (χ0v) is 11.6. The summed E-state index contributed by atoms with van der Waals surface area (Å²) in [7, 11) is 0. The number of nitrogens with zero attached hydrogens (tertiary/aromatic N) is 2. The molecule has 1 amide bonds. The number of esters is 1. The molecule has 0 aliphatic carbocycles. The molecular formula is C14H19N3O3. The van der Waals surface area contributed by atoms with Gasteiger partial charge in [0, 0.05) is 13.1 Å². The number of anilines is 1. The van der Waals surface area contributed by atoms with Crippen LogP contribution in [0.5, 0.6) is 0 Å². The van der Waals surface area contributed by atoms with E-state index in [-0.39, 0.29) is 12.5 Å². The molecule has 0 aromatic carbocycles. The van der Waals surface area contributed by atoms with Crippen molar-refractivity contribution in [2.75, 3.05) is 25.4 Å². The van der Waals surface area contributed by atoms with Crippen LogP contribution in [-0.2, 0) is 9.53 Å². The fourth-order valence-electron chi connectivity index (χ4n) is 2.20. The van der Waals surface area contributed by atoms with Gasteiger partial charge in [0.2, 0.25) is 0 Å². The molecule has 1 saturated heterocycles. The summed E-state index contributed by atoms with van der Waals surface area (Å²) in [6.07, 6.45) is 4.65. The zero-order chi connectivity index (χ0) is 14.5. The first-order valence-corrected chi connectivity index (χ1v) is 6.75. The van der Waals surface area contributed by atoms with Crippen LogP contribution >= 0.6 is 0 Å². The van der Waals surface area contributed by atoms with E-state index in [0.29, 0.717) is 16.9 Å². The van der Waals surface area contributed by atoms with Crippen molar-refractivity contribution in [2.45, 2.75) is 26.2 Å². The molecule has 0 bridgehead atoms. The molecule has 6 heteroatoms. The first-order chi connectivity index (χ1) is 9.58. The number of nitrogens with two attached hydrogens (primary N) is 1. The van der Waals surface area contributed by atoms with Gasteiger partial charge in [0.25, 0.3) is 5.91 Å². The number of likely N-dealkylation sites (tertiary alicyclic amines) is 1. The molecule has 0 radical (unpaired) electrons. The van der Waals surface area contributed by atoms with E-state index in [1.54, 1.807) is 11.8 Å². The van der Waals surface area contributed by atoms with Crippen LogP contribution in [-0.4, -0.2) is 41.5 Å². The quantitative estimate of drug-likeness (QED) is 0.837. The standard InChI is InChI=1S/C14H19N3O3/c1-10-12(7-11(15)8-16-10)14(19)20-9-13(18)17-5-3-2-4-6-17/h7-8H,2-6,9,15H2,1H3. The Hall–Kier alpha value is -2.11. The lowest BCUT2D eigenvalue weighted by Gasteiger charge is -2.26. The minimum Gasteiger partial charge on any atom is -0.452 e. The molecule has 1 aromatic heterocycles. The predicted molar refractivity (Wildman–Crippen MR) is 74.1 cm³/mol. The van der Waals surface area contributed by atoms with Crippen molar-refractivity contribution in [1.82, 2.24) is 9.88 Å². The number of hydrogen-bond donors (Lipinski definition) is 1. The van der Waals surface area contributed by atoms with Gasteiger partial charge >= 0.3 is 5.97 Å². The van der Waals surface area contributed by atoms with E-state index in [1.807, 2.05) is 0 Å². The number of piperidine rings is 1. The largest absolute Gasteiger partial charge is 0.452 e. The number of carbonyl (C=O) groups excluding carboxylic acids is 2. The number of carbonyl (C=O) groups is 2. The predicted octanol–water partition coefficient (Wildman–Crippen LogP) is 1.14. The van der Waals surface area contributed by atoms with E-state index in [9.17, 15) is 9.59 Å².